The summed E-state index contributed by atoms with van der Waals surface area (Å²) in [5, 5.41) is 0. The Morgan fingerprint density at radius 2 is 1.76 bits per heavy atom. The fraction of sp³-hybridized carbons (Fsp3) is 0.333. The summed E-state index contributed by atoms with van der Waals surface area (Å²) in [6.45, 7) is 20.9. The number of aliphatic imine (C=N–C) groups is 1. The van der Waals surface area contributed by atoms with Crippen molar-refractivity contribution in [1.82, 2.24) is 0 Å². The normalized spacial score (nSPS) is 19.2. The maximum Gasteiger partial charge on any atom is 0.176 e. The smallest absolute Gasteiger partial charge is 0.176 e. The van der Waals surface area contributed by atoms with Gasteiger partial charge in [0.15, 0.2) is 11.6 Å². The summed E-state index contributed by atoms with van der Waals surface area (Å²) in [5.74, 6) is -1.05. The van der Waals surface area contributed by atoms with E-state index in [2.05, 4.69) is 36.9 Å². The maximum absolute atomic E-state index is 13.4. The van der Waals surface area contributed by atoms with Crippen LogP contribution in [0.15, 0.2) is 106 Å². The Morgan fingerprint density at radius 1 is 1.09 bits per heavy atom. The van der Waals surface area contributed by atoms with Crippen LogP contribution in [0.25, 0.3) is 0 Å². The van der Waals surface area contributed by atoms with Gasteiger partial charge in [-0.25, -0.2) is 4.99 Å². The number of hydrogen-bond donors (Lipinski definition) is 0. The molecule has 2 unspecified atom stereocenters. The summed E-state index contributed by atoms with van der Waals surface area (Å²) in [6, 6.07) is 0. The van der Waals surface area contributed by atoms with Crippen molar-refractivity contribution in [3.8, 4) is 0 Å². The van der Waals surface area contributed by atoms with Crippen molar-refractivity contribution in [3.63, 3.8) is 0 Å². The molecule has 2 atom stereocenters. The molecule has 0 aromatic carbocycles. The van der Waals surface area contributed by atoms with Gasteiger partial charge >= 0.3 is 0 Å². The Labute approximate surface area is 199 Å². The molecule has 33 heavy (non-hydrogen) atoms. The summed E-state index contributed by atoms with van der Waals surface area (Å²) >= 11 is 0. The van der Waals surface area contributed by atoms with E-state index in [0.717, 1.165) is 16.7 Å². The van der Waals surface area contributed by atoms with E-state index in [9.17, 15) is 9.59 Å². The molecule has 0 aromatic heterocycles. The summed E-state index contributed by atoms with van der Waals surface area (Å²) in [6.07, 6.45) is 15.4. The van der Waals surface area contributed by atoms with Crippen LogP contribution in [0, 0.1) is 11.8 Å². The molecule has 0 heterocycles. The highest BCUT2D eigenvalue weighted by molar-refractivity contribution is 6.36. The van der Waals surface area contributed by atoms with Gasteiger partial charge in [-0.2, -0.15) is 0 Å². The van der Waals surface area contributed by atoms with Gasteiger partial charge in [-0.1, -0.05) is 62.1 Å². The Balaban J connectivity index is 3.42. The van der Waals surface area contributed by atoms with E-state index in [1.54, 1.807) is 25.2 Å². The van der Waals surface area contributed by atoms with E-state index in [1.807, 2.05) is 58.9 Å². The minimum atomic E-state index is -0.924. The third-order valence-corrected chi connectivity index (χ3v) is 5.83. The SMILES string of the molecule is C=C/C=C\C(C)/C(C)=C\CC1=C(C)C(=O)C(C(/C=C(C)\C(C)=C\C=C)=NC(C)=C=CC)C1=O. The topological polar surface area (TPSA) is 46.5 Å². The molecule has 0 bridgehead atoms. The standard InChI is InChI=1S/C30H37NO2/c1-10-13-16-21(5)22(6)17-18-26-25(9)29(32)28(30(26)33)27(31-24(8)15-12-3)19-23(7)20(4)14-11-2/h10-14,16-17,19,21,28H,1-2,18H2,3-9H3/b16-13-,20-14+,22-17-,23-19-,31-27?. The number of carbonyl (C=O) groups excluding carboxylic acids is 2. The number of allylic oxidation sites excluding steroid dienone is 13. The molecule has 3 nitrogen and oxygen atoms in total. The molecule has 0 saturated heterocycles. The van der Waals surface area contributed by atoms with Crippen molar-refractivity contribution in [2.75, 3.05) is 0 Å². The van der Waals surface area contributed by atoms with E-state index in [-0.39, 0.29) is 17.5 Å². The molecule has 0 fully saturated rings. The number of ketones is 2. The van der Waals surface area contributed by atoms with Gasteiger partial charge in [0.05, 0.1) is 11.4 Å². The zero-order valence-electron chi connectivity index (χ0n) is 21.2. The number of carbonyl (C=O) groups is 2. The molecule has 0 radical (unpaired) electrons. The quantitative estimate of drug-likeness (QED) is 0.116. The van der Waals surface area contributed by atoms with Gasteiger partial charge in [-0.15, -0.1) is 5.73 Å². The van der Waals surface area contributed by atoms with Crippen molar-refractivity contribution in [2.24, 2.45) is 16.8 Å². The average molecular weight is 444 g/mol. The molecule has 1 aliphatic carbocycles. The van der Waals surface area contributed by atoms with Gasteiger partial charge in [-0.3, -0.25) is 9.59 Å². The van der Waals surface area contributed by atoms with Crippen LogP contribution < -0.4 is 0 Å². The highest BCUT2D eigenvalue weighted by Gasteiger charge is 2.40. The van der Waals surface area contributed by atoms with Gasteiger partial charge in [0.1, 0.15) is 5.92 Å². The van der Waals surface area contributed by atoms with Crippen LogP contribution in [0.1, 0.15) is 54.9 Å². The molecule has 0 saturated carbocycles. The first-order chi connectivity index (χ1) is 15.6. The summed E-state index contributed by atoms with van der Waals surface area (Å²) in [5.41, 5.74) is 8.24. The number of Topliss-reactive ketones (excluding diaryl/α,β-unsaturated/α-hetero) is 2. The predicted octanol–water partition coefficient (Wildman–Crippen LogP) is 7.38. The molecule has 0 aromatic rings. The van der Waals surface area contributed by atoms with E-state index < -0.39 is 5.92 Å². The third-order valence-electron chi connectivity index (χ3n) is 5.83. The van der Waals surface area contributed by atoms with Crippen LogP contribution >= 0.6 is 0 Å². The zero-order valence-corrected chi connectivity index (χ0v) is 21.2. The second-order valence-electron chi connectivity index (χ2n) is 8.29. The van der Waals surface area contributed by atoms with Gasteiger partial charge in [0.2, 0.25) is 0 Å². The highest BCUT2D eigenvalue weighted by Crippen LogP contribution is 2.31. The monoisotopic (exact) mass is 443 g/mol. The number of nitrogens with zero attached hydrogens (tertiary/aromatic N) is 1. The Kier molecular flexibility index (Phi) is 11.2. The summed E-state index contributed by atoms with van der Waals surface area (Å²) in [4.78, 5) is 31.2. The molecular formula is C30H37NO2. The lowest BCUT2D eigenvalue weighted by Gasteiger charge is -2.11. The van der Waals surface area contributed by atoms with Crippen molar-refractivity contribution in [2.45, 2.75) is 54.9 Å². The minimum absolute atomic E-state index is 0.169. The third kappa shape index (κ3) is 7.66. The van der Waals surface area contributed by atoms with Gasteiger partial charge in [-0.05, 0) is 77.2 Å². The summed E-state index contributed by atoms with van der Waals surface area (Å²) in [7, 11) is 0. The largest absolute Gasteiger partial charge is 0.293 e. The fourth-order valence-corrected chi connectivity index (χ4v) is 3.47. The Morgan fingerprint density at radius 3 is 2.33 bits per heavy atom. The van der Waals surface area contributed by atoms with Crippen LogP contribution in [0.3, 0.4) is 0 Å². The van der Waals surface area contributed by atoms with Gasteiger partial charge in [0, 0.05) is 11.1 Å². The first kappa shape index (κ1) is 27.7. The Bertz CT molecular complexity index is 1060. The molecule has 3 heteroatoms. The van der Waals surface area contributed by atoms with Gasteiger partial charge in [0.25, 0.3) is 0 Å². The van der Waals surface area contributed by atoms with Crippen molar-refractivity contribution in [1.29, 1.82) is 0 Å². The van der Waals surface area contributed by atoms with Crippen LogP contribution in [0.4, 0.5) is 0 Å². The zero-order chi connectivity index (χ0) is 25.1. The number of rotatable bonds is 10. The van der Waals surface area contributed by atoms with Crippen molar-refractivity contribution >= 4 is 17.3 Å². The van der Waals surface area contributed by atoms with Gasteiger partial charge < -0.3 is 0 Å². The van der Waals surface area contributed by atoms with Crippen LogP contribution in [-0.4, -0.2) is 17.3 Å². The number of hydrogen-bond acceptors (Lipinski definition) is 3. The van der Waals surface area contributed by atoms with E-state index >= 15 is 0 Å². The summed E-state index contributed by atoms with van der Waals surface area (Å²) < 4.78 is 0. The molecule has 0 aliphatic heterocycles. The van der Waals surface area contributed by atoms with Crippen molar-refractivity contribution < 1.29 is 9.59 Å². The molecule has 0 amide bonds. The lowest BCUT2D eigenvalue weighted by Crippen LogP contribution is -2.26. The first-order valence-electron chi connectivity index (χ1n) is 11.3. The fourth-order valence-electron chi connectivity index (χ4n) is 3.47. The Hall–Kier alpha value is -3.29. The molecule has 174 valence electrons. The first-order valence-corrected chi connectivity index (χ1v) is 11.3. The van der Waals surface area contributed by atoms with E-state index in [1.165, 1.54) is 0 Å². The second-order valence-corrected chi connectivity index (χ2v) is 8.29. The molecule has 0 N–H and O–H groups in total. The van der Waals surface area contributed by atoms with E-state index in [0.29, 0.717) is 29.0 Å². The van der Waals surface area contributed by atoms with E-state index in [4.69, 9.17) is 0 Å². The molecule has 1 rings (SSSR count). The minimum Gasteiger partial charge on any atom is -0.293 e. The van der Waals surface area contributed by atoms with Crippen LogP contribution in [-0.2, 0) is 9.59 Å². The molecule has 1 aliphatic rings. The lowest BCUT2D eigenvalue weighted by molar-refractivity contribution is -0.123. The van der Waals surface area contributed by atoms with Crippen LogP contribution in [0.2, 0.25) is 0 Å². The second kappa shape index (κ2) is 13.3. The maximum atomic E-state index is 13.4. The molecule has 0 spiro atoms. The highest BCUT2D eigenvalue weighted by atomic mass is 16.2. The average Bonchev–Trinajstić information content (AvgIpc) is 2.97. The molecular weight excluding hydrogens is 406 g/mol. The predicted molar refractivity (Wildman–Crippen MR) is 141 cm³/mol. The van der Waals surface area contributed by atoms with Crippen LogP contribution in [0.5, 0.6) is 0 Å². The van der Waals surface area contributed by atoms with Crippen molar-refractivity contribution in [3.05, 3.63) is 101 Å². The lowest BCUT2D eigenvalue weighted by atomic mass is 9.92.